The average molecular weight is 448 g/mol. The smallest absolute Gasteiger partial charge is 0.309 e. The SMILES string of the molecule is COC(=O)C1CCCCC1CNC(=O)c1ccc(-c2cc(=O)c3cc(C)cc(C)c3o2)cc1. The lowest BCUT2D eigenvalue weighted by Crippen LogP contribution is -2.37. The molecular formula is C27H29NO5. The molecule has 0 spiro atoms. The van der Waals surface area contributed by atoms with Crippen LogP contribution in [0, 0.1) is 25.7 Å². The highest BCUT2D eigenvalue weighted by molar-refractivity contribution is 5.94. The lowest BCUT2D eigenvalue weighted by atomic mass is 9.79. The topological polar surface area (TPSA) is 85.6 Å². The molecule has 6 heteroatoms. The van der Waals surface area contributed by atoms with Gasteiger partial charge in [0.05, 0.1) is 18.4 Å². The predicted octanol–water partition coefficient (Wildman–Crippen LogP) is 4.79. The Bertz CT molecular complexity index is 1240. The molecule has 2 atom stereocenters. The van der Waals surface area contributed by atoms with Crippen LogP contribution in [0.4, 0.5) is 0 Å². The Balaban J connectivity index is 1.48. The van der Waals surface area contributed by atoms with Crippen LogP contribution in [-0.2, 0) is 9.53 Å². The molecule has 33 heavy (non-hydrogen) atoms. The zero-order valence-electron chi connectivity index (χ0n) is 19.3. The zero-order chi connectivity index (χ0) is 23.5. The lowest BCUT2D eigenvalue weighted by Gasteiger charge is -2.29. The Morgan fingerprint density at radius 3 is 2.52 bits per heavy atom. The fourth-order valence-corrected chi connectivity index (χ4v) is 4.78. The molecule has 0 radical (unpaired) electrons. The highest BCUT2D eigenvalue weighted by Crippen LogP contribution is 2.30. The maximum Gasteiger partial charge on any atom is 0.309 e. The maximum atomic E-state index is 12.7. The minimum Gasteiger partial charge on any atom is -0.469 e. The van der Waals surface area contributed by atoms with E-state index in [1.54, 1.807) is 24.3 Å². The van der Waals surface area contributed by atoms with Crippen LogP contribution in [0.2, 0.25) is 0 Å². The second-order valence-corrected chi connectivity index (χ2v) is 8.89. The van der Waals surface area contributed by atoms with Crippen LogP contribution in [0.1, 0.15) is 47.2 Å². The summed E-state index contributed by atoms with van der Waals surface area (Å²) in [6.45, 7) is 4.32. The van der Waals surface area contributed by atoms with Crippen LogP contribution >= 0.6 is 0 Å². The summed E-state index contributed by atoms with van der Waals surface area (Å²) in [5.74, 6) is 0.0137. The Morgan fingerprint density at radius 1 is 1.06 bits per heavy atom. The van der Waals surface area contributed by atoms with Crippen molar-refractivity contribution in [1.29, 1.82) is 0 Å². The first-order valence-corrected chi connectivity index (χ1v) is 11.4. The summed E-state index contributed by atoms with van der Waals surface area (Å²) < 4.78 is 11.0. The number of methoxy groups -OCH3 is 1. The molecule has 4 rings (SSSR count). The Kier molecular flexibility index (Phi) is 6.63. The van der Waals surface area contributed by atoms with E-state index in [-0.39, 0.29) is 29.1 Å². The number of nitrogens with one attached hydrogen (secondary N) is 1. The van der Waals surface area contributed by atoms with Crippen LogP contribution in [0.15, 0.2) is 51.7 Å². The average Bonchev–Trinajstić information content (AvgIpc) is 2.83. The number of ether oxygens (including phenoxy) is 1. The number of carbonyl (C=O) groups is 2. The van der Waals surface area contributed by atoms with Gasteiger partial charge in [-0.2, -0.15) is 0 Å². The number of hydrogen-bond acceptors (Lipinski definition) is 5. The minimum absolute atomic E-state index is 0.0903. The van der Waals surface area contributed by atoms with Gasteiger partial charge in [-0.15, -0.1) is 0 Å². The number of aryl methyl sites for hydroxylation is 2. The molecule has 0 bridgehead atoms. The molecule has 1 aromatic heterocycles. The number of carbonyl (C=O) groups excluding carboxylic acids is 2. The third-order valence-corrected chi connectivity index (χ3v) is 6.53. The summed E-state index contributed by atoms with van der Waals surface area (Å²) in [4.78, 5) is 37.4. The number of fused-ring (bicyclic) bond motifs is 1. The highest BCUT2D eigenvalue weighted by atomic mass is 16.5. The van der Waals surface area contributed by atoms with Crippen LogP contribution in [-0.4, -0.2) is 25.5 Å². The second-order valence-electron chi connectivity index (χ2n) is 8.89. The third kappa shape index (κ3) is 4.85. The van der Waals surface area contributed by atoms with Gasteiger partial charge in [-0.3, -0.25) is 14.4 Å². The van der Waals surface area contributed by atoms with Crippen molar-refractivity contribution < 1.29 is 18.7 Å². The fourth-order valence-electron chi connectivity index (χ4n) is 4.78. The third-order valence-electron chi connectivity index (χ3n) is 6.53. The standard InChI is InChI=1S/C27H29NO5/c1-16-12-17(2)25-22(13-16)23(29)14-24(33-25)18-8-10-19(11-9-18)26(30)28-15-20-6-4-5-7-21(20)27(31)32-3/h8-14,20-21H,4-7,15H2,1-3H3,(H,28,30). The number of rotatable bonds is 5. The molecule has 2 aromatic carbocycles. The van der Waals surface area contributed by atoms with E-state index in [1.807, 2.05) is 26.0 Å². The maximum absolute atomic E-state index is 12.7. The molecule has 0 aliphatic heterocycles. The Morgan fingerprint density at radius 2 is 1.79 bits per heavy atom. The van der Waals surface area contributed by atoms with Crippen LogP contribution < -0.4 is 10.7 Å². The molecule has 6 nitrogen and oxygen atoms in total. The van der Waals surface area contributed by atoms with Crippen molar-refractivity contribution >= 4 is 22.8 Å². The molecule has 1 fully saturated rings. The first-order chi connectivity index (χ1) is 15.9. The van der Waals surface area contributed by atoms with Crippen molar-refractivity contribution in [1.82, 2.24) is 5.32 Å². The molecule has 1 amide bonds. The summed E-state index contributed by atoms with van der Waals surface area (Å²) in [5, 5.41) is 3.53. The van der Waals surface area contributed by atoms with E-state index in [2.05, 4.69) is 5.32 Å². The van der Waals surface area contributed by atoms with Crippen molar-refractivity contribution in [2.24, 2.45) is 11.8 Å². The summed E-state index contributed by atoms with van der Waals surface area (Å²) in [6.07, 6.45) is 3.77. The van der Waals surface area contributed by atoms with Crippen LogP contribution in [0.3, 0.4) is 0 Å². The molecule has 3 aromatic rings. The minimum atomic E-state index is -0.194. The Labute approximate surface area is 192 Å². The largest absolute Gasteiger partial charge is 0.469 e. The molecule has 1 aliphatic rings. The van der Waals surface area contributed by atoms with E-state index < -0.39 is 0 Å². The van der Waals surface area contributed by atoms with Crippen molar-refractivity contribution in [2.45, 2.75) is 39.5 Å². The van der Waals surface area contributed by atoms with Gasteiger partial charge in [0.1, 0.15) is 11.3 Å². The number of amides is 1. The van der Waals surface area contributed by atoms with Gasteiger partial charge in [0.2, 0.25) is 0 Å². The van der Waals surface area contributed by atoms with Gasteiger partial charge in [-0.05, 0) is 61.9 Å². The van der Waals surface area contributed by atoms with Crippen molar-refractivity contribution in [3.05, 3.63) is 69.4 Å². The molecule has 0 saturated heterocycles. The molecule has 2 unspecified atom stereocenters. The summed E-state index contributed by atoms with van der Waals surface area (Å²) in [5.41, 5.74) is 3.65. The number of benzene rings is 2. The van der Waals surface area contributed by atoms with E-state index in [0.29, 0.717) is 28.8 Å². The van der Waals surface area contributed by atoms with E-state index in [4.69, 9.17) is 9.15 Å². The van der Waals surface area contributed by atoms with Gasteiger partial charge in [0, 0.05) is 23.7 Å². The van der Waals surface area contributed by atoms with Crippen LogP contribution in [0.25, 0.3) is 22.3 Å². The van der Waals surface area contributed by atoms with Crippen molar-refractivity contribution in [3.63, 3.8) is 0 Å². The quantitative estimate of drug-likeness (QED) is 0.569. The van der Waals surface area contributed by atoms with E-state index in [0.717, 1.165) is 42.4 Å². The Hall–Kier alpha value is -3.41. The van der Waals surface area contributed by atoms with Crippen molar-refractivity contribution in [3.8, 4) is 11.3 Å². The van der Waals surface area contributed by atoms with Gasteiger partial charge in [-0.1, -0.05) is 31.0 Å². The van der Waals surface area contributed by atoms with Gasteiger partial charge in [-0.25, -0.2) is 0 Å². The van der Waals surface area contributed by atoms with Gasteiger partial charge in [0.25, 0.3) is 5.91 Å². The van der Waals surface area contributed by atoms with E-state index in [9.17, 15) is 14.4 Å². The molecule has 1 N–H and O–H groups in total. The van der Waals surface area contributed by atoms with Crippen molar-refractivity contribution in [2.75, 3.05) is 13.7 Å². The van der Waals surface area contributed by atoms with Gasteiger partial charge >= 0.3 is 5.97 Å². The lowest BCUT2D eigenvalue weighted by molar-refractivity contribution is -0.148. The monoisotopic (exact) mass is 447 g/mol. The molecule has 1 heterocycles. The second kappa shape index (κ2) is 9.61. The first kappa shape index (κ1) is 22.8. The molecule has 1 saturated carbocycles. The van der Waals surface area contributed by atoms with E-state index in [1.165, 1.54) is 13.2 Å². The predicted molar refractivity (Wildman–Crippen MR) is 127 cm³/mol. The first-order valence-electron chi connectivity index (χ1n) is 11.4. The molecule has 1 aliphatic carbocycles. The zero-order valence-corrected chi connectivity index (χ0v) is 19.3. The van der Waals surface area contributed by atoms with Gasteiger partial charge in [0.15, 0.2) is 5.43 Å². The summed E-state index contributed by atoms with van der Waals surface area (Å²) in [6, 6.07) is 12.3. The summed E-state index contributed by atoms with van der Waals surface area (Å²) >= 11 is 0. The number of hydrogen-bond donors (Lipinski definition) is 1. The molecular weight excluding hydrogens is 418 g/mol. The summed E-state index contributed by atoms with van der Waals surface area (Å²) in [7, 11) is 1.41. The fraction of sp³-hybridized carbons (Fsp3) is 0.370. The normalized spacial score (nSPS) is 18.2. The highest BCUT2D eigenvalue weighted by Gasteiger charge is 2.31. The van der Waals surface area contributed by atoms with Gasteiger partial charge < -0.3 is 14.5 Å². The van der Waals surface area contributed by atoms with E-state index >= 15 is 0 Å². The molecule has 172 valence electrons. The number of esters is 1. The van der Waals surface area contributed by atoms with Crippen LogP contribution in [0.5, 0.6) is 0 Å².